The zero-order valence-corrected chi connectivity index (χ0v) is 10.4. The molecule has 4 nitrogen and oxygen atoms in total. The van der Waals surface area contributed by atoms with Crippen molar-refractivity contribution in [3.63, 3.8) is 0 Å². The van der Waals surface area contributed by atoms with Gasteiger partial charge in [-0.15, -0.1) is 0 Å². The van der Waals surface area contributed by atoms with Crippen LogP contribution in [0.4, 0.5) is 14.6 Å². The number of nitrogens with one attached hydrogen (secondary N) is 1. The van der Waals surface area contributed by atoms with Crippen LogP contribution < -0.4 is 16.0 Å². The molecule has 0 aliphatic heterocycles. The van der Waals surface area contributed by atoms with E-state index in [4.69, 9.17) is 22.2 Å². The van der Waals surface area contributed by atoms with Crippen molar-refractivity contribution in [2.45, 2.75) is 6.61 Å². The highest BCUT2D eigenvalue weighted by Gasteiger charge is 2.08. The van der Waals surface area contributed by atoms with E-state index in [1.807, 2.05) is 0 Å². The van der Waals surface area contributed by atoms with Gasteiger partial charge < -0.3 is 10.2 Å². The van der Waals surface area contributed by atoms with Crippen molar-refractivity contribution < 1.29 is 13.5 Å². The zero-order valence-electron chi connectivity index (χ0n) is 9.66. The van der Waals surface area contributed by atoms with Crippen molar-refractivity contribution in [1.82, 2.24) is 4.98 Å². The monoisotopic (exact) mass is 285 g/mol. The molecule has 0 saturated carbocycles. The SMILES string of the molecule is NNc1ccc(Cl)c(COc2cc(F)ccc2F)n1. The summed E-state index contributed by atoms with van der Waals surface area (Å²) in [6.07, 6.45) is 0. The van der Waals surface area contributed by atoms with Gasteiger partial charge in [0.15, 0.2) is 11.6 Å². The lowest BCUT2D eigenvalue weighted by molar-refractivity contribution is 0.284. The molecule has 0 saturated heterocycles. The standard InChI is InChI=1S/C12H10ClF2N3O/c13-8-2-4-12(18-16)17-10(8)6-19-11-5-7(14)1-3-9(11)15/h1-5H,6,16H2,(H,17,18). The number of hydrogen-bond acceptors (Lipinski definition) is 4. The van der Waals surface area contributed by atoms with Crippen molar-refractivity contribution in [3.05, 3.63) is 52.7 Å². The van der Waals surface area contributed by atoms with Gasteiger partial charge in [0.25, 0.3) is 0 Å². The summed E-state index contributed by atoms with van der Waals surface area (Å²) < 4.78 is 31.5. The largest absolute Gasteiger partial charge is 0.484 e. The number of nitrogens with two attached hydrogens (primary N) is 1. The maximum atomic E-state index is 13.3. The van der Waals surface area contributed by atoms with Crippen LogP contribution in [0.2, 0.25) is 5.02 Å². The number of benzene rings is 1. The molecule has 100 valence electrons. The van der Waals surface area contributed by atoms with Gasteiger partial charge in [-0.25, -0.2) is 19.6 Å². The van der Waals surface area contributed by atoms with Crippen LogP contribution in [0, 0.1) is 11.6 Å². The Morgan fingerprint density at radius 3 is 2.79 bits per heavy atom. The van der Waals surface area contributed by atoms with Crippen molar-refractivity contribution >= 4 is 17.4 Å². The number of rotatable bonds is 4. The van der Waals surface area contributed by atoms with Gasteiger partial charge in [0.2, 0.25) is 0 Å². The maximum absolute atomic E-state index is 13.3. The van der Waals surface area contributed by atoms with E-state index in [1.165, 1.54) is 0 Å². The van der Waals surface area contributed by atoms with Gasteiger partial charge in [0.1, 0.15) is 18.2 Å². The number of hydrazine groups is 1. The van der Waals surface area contributed by atoms with Gasteiger partial charge in [0, 0.05) is 6.07 Å². The third-order valence-corrected chi connectivity index (χ3v) is 2.67. The first kappa shape index (κ1) is 13.5. The Bertz CT molecular complexity index is 595. The Morgan fingerprint density at radius 2 is 2.05 bits per heavy atom. The van der Waals surface area contributed by atoms with E-state index in [9.17, 15) is 8.78 Å². The fraction of sp³-hybridized carbons (Fsp3) is 0.0833. The minimum absolute atomic E-state index is 0.102. The lowest BCUT2D eigenvalue weighted by atomic mass is 10.3. The van der Waals surface area contributed by atoms with E-state index in [-0.39, 0.29) is 12.4 Å². The molecule has 0 amide bonds. The highest BCUT2D eigenvalue weighted by Crippen LogP contribution is 2.22. The number of nitrogen functional groups attached to an aromatic ring is 1. The molecule has 19 heavy (non-hydrogen) atoms. The molecule has 0 spiro atoms. The Morgan fingerprint density at radius 1 is 1.26 bits per heavy atom. The Kier molecular flexibility index (Phi) is 4.13. The van der Waals surface area contributed by atoms with Crippen LogP contribution >= 0.6 is 11.6 Å². The molecule has 0 unspecified atom stereocenters. The Balaban J connectivity index is 2.16. The molecule has 3 N–H and O–H groups in total. The zero-order chi connectivity index (χ0) is 13.8. The Hall–Kier alpha value is -1.92. The van der Waals surface area contributed by atoms with Crippen molar-refractivity contribution in [2.75, 3.05) is 5.43 Å². The second-order valence-corrected chi connectivity index (χ2v) is 4.04. The molecule has 1 aromatic heterocycles. The molecule has 1 heterocycles. The van der Waals surface area contributed by atoms with Crippen LogP contribution in [0.5, 0.6) is 5.75 Å². The van der Waals surface area contributed by atoms with Gasteiger partial charge in [-0.1, -0.05) is 11.6 Å². The number of halogens is 3. The fourth-order valence-electron chi connectivity index (χ4n) is 1.40. The minimum Gasteiger partial charge on any atom is -0.484 e. The average molecular weight is 286 g/mol. The lowest BCUT2D eigenvalue weighted by Gasteiger charge is -2.09. The first-order chi connectivity index (χ1) is 9.10. The topological polar surface area (TPSA) is 60.2 Å². The number of pyridine rings is 1. The molecular formula is C12H10ClF2N3O. The number of ether oxygens (including phenoxy) is 1. The van der Waals surface area contributed by atoms with Gasteiger partial charge in [-0.2, -0.15) is 0 Å². The predicted molar refractivity (Wildman–Crippen MR) is 67.7 cm³/mol. The summed E-state index contributed by atoms with van der Waals surface area (Å²) in [6.45, 7) is -0.102. The van der Waals surface area contributed by atoms with Crippen LogP contribution in [-0.4, -0.2) is 4.98 Å². The van der Waals surface area contributed by atoms with Crippen molar-refractivity contribution in [1.29, 1.82) is 0 Å². The lowest BCUT2D eigenvalue weighted by Crippen LogP contribution is -2.10. The highest BCUT2D eigenvalue weighted by atomic mass is 35.5. The van der Waals surface area contributed by atoms with Crippen molar-refractivity contribution in [3.8, 4) is 5.75 Å². The van der Waals surface area contributed by atoms with Gasteiger partial charge in [-0.3, -0.25) is 0 Å². The van der Waals surface area contributed by atoms with E-state index < -0.39 is 11.6 Å². The molecule has 0 aliphatic rings. The summed E-state index contributed by atoms with van der Waals surface area (Å²) in [5.74, 6) is 4.15. The predicted octanol–water partition coefficient (Wildman–Crippen LogP) is 2.88. The highest BCUT2D eigenvalue weighted by molar-refractivity contribution is 6.31. The van der Waals surface area contributed by atoms with E-state index in [0.29, 0.717) is 16.5 Å². The summed E-state index contributed by atoms with van der Waals surface area (Å²) in [4.78, 5) is 4.05. The molecule has 0 aliphatic carbocycles. The summed E-state index contributed by atoms with van der Waals surface area (Å²) in [7, 11) is 0. The third-order valence-electron chi connectivity index (χ3n) is 2.32. The molecule has 2 aromatic rings. The second kappa shape index (κ2) is 5.81. The quantitative estimate of drug-likeness (QED) is 0.670. The Labute approximate surface area is 113 Å². The van der Waals surface area contributed by atoms with Crippen LogP contribution in [0.15, 0.2) is 30.3 Å². The number of anilines is 1. The summed E-state index contributed by atoms with van der Waals surface area (Å²) >= 11 is 5.91. The van der Waals surface area contributed by atoms with E-state index >= 15 is 0 Å². The molecule has 7 heteroatoms. The first-order valence-electron chi connectivity index (χ1n) is 5.30. The maximum Gasteiger partial charge on any atom is 0.165 e. The number of nitrogens with zero attached hydrogens (tertiary/aromatic N) is 1. The molecular weight excluding hydrogens is 276 g/mol. The molecule has 0 fully saturated rings. The smallest absolute Gasteiger partial charge is 0.165 e. The number of aromatic nitrogens is 1. The average Bonchev–Trinajstić information content (AvgIpc) is 2.41. The summed E-state index contributed by atoms with van der Waals surface area (Å²) in [6, 6.07) is 6.09. The van der Waals surface area contributed by atoms with Gasteiger partial charge in [0.05, 0.1) is 10.7 Å². The van der Waals surface area contributed by atoms with Crippen LogP contribution in [0.25, 0.3) is 0 Å². The normalized spacial score (nSPS) is 10.3. The van der Waals surface area contributed by atoms with Gasteiger partial charge >= 0.3 is 0 Å². The van der Waals surface area contributed by atoms with Crippen LogP contribution in [0.1, 0.15) is 5.69 Å². The first-order valence-corrected chi connectivity index (χ1v) is 5.68. The molecule has 0 radical (unpaired) electrons. The third kappa shape index (κ3) is 3.30. The molecule has 2 rings (SSSR count). The fourth-order valence-corrected chi connectivity index (χ4v) is 1.56. The minimum atomic E-state index is -0.661. The van der Waals surface area contributed by atoms with E-state index in [1.54, 1.807) is 12.1 Å². The number of hydrogen-bond donors (Lipinski definition) is 2. The van der Waals surface area contributed by atoms with E-state index in [2.05, 4.69) is 10.4 Å². The molecule has 0 atom stereocenters. The van der Waals surface area contributed by atoms with Crippen molar-refractivity contribution in [2.24, 2.45) is 5.84 Å². The molecule has 0 bridgehead atoms. The summed E-state index contributed by atoms with van der Waals surface area (Å²) in [5.41, 5.74) is 2.72. The second-order valence-electron chi connectivity index (χ2n) is 3.63. The van der Waals surface area contributed by atoms with Gasteiger partial charge in [-0.05, 0) is 24.3 Å². The van der Waals surface area contributed by atoms with Crippen LogP contribution in [-0.2, 0) is 6.61 Å². The van der Waals surface area contributed by atoms with Crippen LogP contribution in [0.3, 0.4) is 0 Å². The summed E-state index contributed by atoms with van der Waals surface area (Å²) in [5, 5.41) is 0.343. The molecule has 1 aromatic carbocycles. The van der Waals surface area contributed by atoms with E-state index in [0.717, 1.165) is 18.2 Å².